The number of carbonyl (C=O) groups is 5. The average molecular weight is 618 g/mol. The van der Waals surface area contributed by atoms with E-state index in [2.05, 4.69) is 16.0 Å². The first-order valence-electron chi connectivity index (χ1n) is 12.9. The normalized spacial score (nSPS) is 11.2. The van der Waals surface area contributed by atoms with Gasteiger partial charge in [-0.1, -0.05) is 36.4 Å². The number of carboxylic acids is 1. The van der Waals surface area contributed by atoms with Crippen LogP contribution in [0.4, 0.5) is 16.4 Å². The average Bonchev–Trinajstić information content (AvgIpc) is 3.32. The number of esters is 1. The fraction of sp³-hybridized carbons (Fsp3) is 0.129. The maximum atomic E-state index is 13.2. The van der Waals surface area contributed by atoms with Crippen LogP contribution in [0.1, 0.15) is 53.2 Å². The molecule has 10 nitrogen and oxygen atoms in total. The minimum Gasteiger partial charge on any atom is -0.478 e. The molecule has 1 aromatic heterocycles. The third kappa shape index (κ3) is 7.48. The molecule has 1 atom stereocenters. The Hall–Kier alpha value is -4.94. The quantitative estimate of drug-likeness (QED) is 0.122. The number of para-hydroxylation sites is 1. The lowest BCUT2D eigenvalue weighted by Gasteiger charge is -2.13. The number of carbonyl (C=O) groups excluding carboxylic acids is 4. The number of hydrogen-bond donors (Lipinski definition) is 4. The summed E-state index contributed by atoms with van der Waals surface area (Å²) in [6, 6.07) is 21.5. The topological polar surface area (TPSA) is 151 Å². The number of aromatic carboxylic acids is 1. The van der Waals surface area contributed by atoms with Crippen molar-refractivity contribution in [3.05, 3.63) is 106 Å². The lowest BCUT2D eigenvalue weighted by Crippen LogP contribution is -2.23. The molecule has 0 aliphatic rings. The van der Waals surface area contributed by atoms with E-state index in [9.17, 15) is 29.1 Å². The Morgan fingerprint density at radius 3 is 2.12 bits per heavy atom. The predicted molar refractivity (Wildman–Crippen MR) is 167 cm³/mol. The van der Waals surface area contributed by atoms with Crippen molar-refractivity contribution < 1.29 is 33.8 Å². The van der Waals surface area contributed by atoms with E-state index in [-0.39, 0.29) is 26.6 Å². The zero-order chi connectivity index (χ0) is 31.1. The first-order valence-corrected chi connectivity index (χ1v) is 14.6. The van der Waals surface area contributed by atoms with Gasteiger partial charge in [0.25, 0.3) is 11.8 Å². The molecule has 43 heavy (non-hydrogen) atoms. The van der Waals surface area contributed by atoms with Gasteiger partial charge in [-0.2, -0.15) is 0 Å². The Labute approximate surface area is 255 Å². The molecule has 0 bridgehead atoms. The van der Waals surface area contributed by atoms with E-state index in [0.717, 1.165) is 11.3 Å². The summed E-state index contributed by atoms with van der Waals surface area (Å²) >= 11 is 2.18. The van der Waals surface area contributed by atoms with Crippen LogP contribution in [0, 0.1) is 6.92 Å². The van der Waals surface area contributed by atoms with Crippen LogP contribution in [0.15, 0.2) is 83.8 Å². The summed E-state index contributed by atoms with van der Waals surface area (Å²) in [5.74, 6) is -3.32. The summed E-state index contributed by atoms with van der Waals surface area (Å²) in [6.45, 7) is 3.29. The van der Waals surface area contributed by atoms with Gasteiger partial charge in [0, 0.05) is 16.3 Å². The molecule has 220 valence electrons. The van der Waals surface area contributed by atoms with E-state index in [0.29, 0.717) is 21.8 Å². The van der Waals surface area contributed by atoms with Crippen molar-refractivity contribution in [2.75, 3.05) is 23.1 Å². The number of methoxy groups -OCH3 is 1. The van der Waals surface area contributed by atoms with Crippen LogP contribution in [0.3, 0.4) is 0 Å². The van der Waals surface area contributed by atoms with E-state index < -0.39 is 34.9 Å². The van der Waals surface area contributed by atoms with Gasteiger partial charge in [0.15, 0.2) is 0 Å². The van der Waals surface area contributed by atoms with Crippen molar-refractivity contribution in [2.24, 2.45) is 0 Å². The van der Waals surface area contributed by atoms with Crippen molar-refractivity contribution in [2.45, 2.75) is 24.0 Å². The maximum absolute atomic E-state index is 13.2. The molecule has 4 N–H and O–H groups in total. The molecular formula is C31H27N3O7S2. The molecule has 0 aliphatic carbocycles. The molecule has 0 saturated heterocycles. The number of anilines is 3. The third-order valence-corrected chi connectivity index (χ3v) is 8.49. The van der Waals surface area contributed by atoms with Gasteiger partial charge in [-0.05, 0) is 61.9 Å². The molecule has 12 heteroatoms. The summed E-state index contributed by atoms with van der Waals surface area (Å²) in [6.07, 6.45) is 0. The Bertz CT molecular complexity index is 1700. The number of ether oxygens (including phenoxy) is 1. The van der Waals surface area contributed by atoms with Crippen molar-refractivity contribution in [3.63, 3.8) is 0 Å². The summed E-state index contributed by atoms with van der Waals surface area (Å²) in [5, 5.41) is 17.2. The molecule has 0 fully saturated rings. The van der Waals surface area contributed by atoms with Gasteiger partial charge in [0.05, 0.1) is 33.9 Å². The number of amides is 3. The Morgan fingerprint density at radius 2 is 1.44 bits per heavy atom. The highest BCUT2D eigenvalue weighted by molar-refractivity contribution is 8.00. The van der Waals surface area contributed by atoms with Crippen LogP contribution in [0.5, 0.6) is 0 Å². The number of rotatable bonds is 10. The number of thiophene rings is 1. The Kier molecular flexibility index (Phi) is 9.96. The first kappa shape index (κ1) is 31.0. The molecule has 3 aromatic carbocycles. The van der Waals surface area contributed by atoms with Gasteiger partial charge in [-0.15, -0.1) is 23.1 Å². The standard InChI is InChI=1S/C31H27N3O7S2/c1-17-24(31(40)41-3)29(43-25(17)28(37)32-19-10-5-4-6-11-19)34-26(35)18(2)42-21-13-9-12-20(16-21)33-27(36)22-14-7-8-15-23(22)30(38)39/h4-16,18H,1-3H3,(H,32,37)(H,33,36)(H,34,35)(H,38,39). The molecule has 4 rings (SSSR count). The SMILES string of the molecule is COC(=O)c1c(NC(=O)C(C)Sc2cccc(NC(=O)c3ccccc3C(=O)O)c2)sc(C(=O)Nc2ccccc2)c1C. The highest BCUT2D eigenvalue weighted by atomic mass is 32.2. The van der Waals surface area contributed by atoms with Gasteiger partial charge in [-0.25, -0.2) is 9.59 Å². The van der Waals surface area contributed by atoms with Crippen LogP contribution in [0.25, 0.3) is 0 Å². The summed E-state index contributed by atoms with van der Waals surface area (Å²) in [7, 11) is 1.22. The largest absolute Gasteiger partial charge is 0.478 e. The van der Waals surface area contributed by atoms with E-state index in [4.69, 9.17) is 4.74 Å². The van der Waals surface area contributed by atoms with E-state index in [1.54, 1.807) is 68.4 Å². The van der Waals surface area contributed by atoms with Crippen molar-refractivity contribution >= 4 is 69.1 Å². The highest BCUT2D eigenvalue weighted by Gasteiger charge is 2.28. The van der Waals surface area contributed by atoms with Crippen LogP contribution in [0.2, 0.25) is 0 Å². The van der Waals surface area contributed by atoms with Gasteiger partial charge in [0.1, 0.15) is 5.00 Å². The zero-order valence-electron chi connectivity index (χ0n) is 23.3. The summed E-state index contributed by atoms with van der Waals surface area (Å²) in [4.78, 5) is 64.0. The Morgan fingerprint density at radius 1 is 0.814 bits per heavy atom. The maximum Gasteiger partial charge on any atom is 0.341 e. The van der Waals surface area contributed by atoms with Crippen LogP contribution < -0.4 is 16.0 Å². The minimum absolute atomic E-state index is 0.0188. The number of benzene rings is 3. The number of nitrogens with one attached hydrogen (secondary N) is 3. The second-order valence-corrected chi connectivity index (χ2v) is 11.6. The number of hydrogen-bond acceptors (Lipinski definition) is 8. The molecule has 0 saturated carbocycles. The minimum atomic E-state index is -1.21. The van der Waals surface area contributed by atoms with Gasteiger partial charge < -0.3 is 25.8 Å². The fourth-order valence-corrected chi connectivity index (χ4v) is 6.08. The number of carboxylic acid groups (broad SMARTS) is 1. The zero-order valence-corrected chi connectivity index (χ0v) is 24.9. The van der Waals surface area contributed by atoms with Crippen LogP contribution in [-0.4, -0.2) is 47.1 Å². The summed E-state index contributed by atoms with van der Waals surface area (Å²) < 4.78 is 4.92. The second-order valence-electron chi connectivity index (χ2n) is 9.15. The smallest absolute Gasteiger partial charge is 0.341 e. The monoisotopic (exact) mass is 617 g/mol. The van der Waals surface area contributed by atoms with Crippen molar-refractivity contribution in [3.8, 4) is 0 Å². The molecular weight excluding hydrogens is 590 g/mol. The van der Waals surface area contributed by atoms with E-state index in [1.165, 1.54) is 37.1 Å². The van der Waals surface area contributed by atoms with Crippen molar-refractivity contribution in [1.29, 1.82) is 0 Å². The summed E-state index contributed by atoms with van der Waals surface area (Å²) in [5.41, 5.74) is 1.38. The molecule has 1 heterocycles. The predicted octanol–water partition coefficient (Wildman–Crippen LogP) is 6.17. The lowest BCUT2D eigenvalue weighted by atomic mass is 10.1. The number of thioether (sulfide) groups is 1. The third-order valence-electron chi connectivity index (χ3n) is 6.19. The van der Waals surface area contributed by atoms with Gasteiger partial charge in [0.2, 0.25) is 5.91 Å². The second kappa shape index (κ2) is 13.8. The van der Waals surface area contributed by atoms with Crippen molar-refractivity contribution in [1.82, 2.24) is 0 Å². The van der Waals surface area contributed by atoms with Crippen LogP contribution in [-0.2, 0) is 9.53 Å². The fourth-order valence-electron chi connectivity index (χ4n) is 4.06. The van der Waals surface area contributed by atoms with Gasteiger partial charge in [-0.3, -0.25) is 14.4 Å². The highest BCUT2D eigenvalue weighted by Crippen LogP contribution is 2.35. The van der Waals surface area contributed by atoms with E-state index >= 15 is 0 Å². The molecule has 0 aliphatic heterocycles. The Balaban J connectivity index is 1.48. The molecule has 0 spiro atoms. The molecule has 1 unspecified atom stereocenters. The molecule has 0 radical (unpaired) electrons. The molecule has 4 aromatic rings. The van der Waals surface area contributed by atoms with Crippen LogP contribution >= 0.6 is 23.1 Å². The van der Waals surface area contributed by atoms with E-state index in [1.807, 2.05) is 6.07 Å². The first-order chi connectivity index (χ1) is 20.6. The van der Waals surface area contributed by atoms with Gasteiger partial charge >= 0.3 is 11.9 Å². The molecule has 3 amide bonds. The lowest BCUT2D eigenvalue weighted by molar-refractivity contribution is -0.115.